The topological polar surface area (TPSA) is 196 Å². The molecular weight excluding hydrogens is 739 g/mol. The molecule has 4 aromatic carbocycles. The maximum atomic E-state index is 14.5. The average Bonchev–Trinajstić information content (AvgIpc) is 3.84. The Hall–Kier alpha value is -7.15. The van der Waals surface area contributed by atoms with Crippen LogP contribution in [0.3, 0.4) is 0 Å². The molecule has 0 radical (unpaired) electrons. The summed E-state index contributed by atoms with van der Waals surface area (Å²) in [6.07, 6.45) is 4.07. The number of carbonyl (C=O) groups excluding carboxylic acids is 4. The predicted molar refractivity (Wildman–Crippen MR) is 219 cm³/mol. The Morgan fingerprint density at radius 1 is 0.741 bits per heavy atom. The van der Waals surface area contributed by atoms with Crippen LogP contribution in [0, 0.1) is 5.92 Å². The van der Waals surface area contributed by atoms with E-state index in [0.29, 0.717) is 17.4 Å². The first-order valence-electron chi connectivity index (χ1n) is 19.1. The number of hydrogen-bond donors (Lipinski definition) is 6. The van der Waals surface area contributed by atoms with Crippen molar-refractivity contribution in [1.29, 1.82) is 0 Å². The van der Waals surface area contributed by atoms with Crippen molar-refractivity contribution in [1.82, 2.24) is 25.9 Å². The van der Waals surface area contributed by atoms with Gasteiger partial charge in [-0.2, -0.15) is 0 Å². The van der Waals surface area contributed by atoms with E-state index < -0.39 is 47.4 Å². The number of esters is 1. The molecule has 0 bridgehead atoms. The third-order valence-corrected chi connectivity index (χ3v) is 10.4. The molecule has 7 rings (SSSR count). The molecule has 13 heteroatoms. The number of nitrogens with one attached hydrogen (secondary N) is 5. The summed E-state index contributed by atoms with van der Waals surface area (Å²) in [5, 5.41) is 20.4. The highest BCUT2D eigenvalue weighted by Crippen LogP contribution is 2.23. The quantitative estimate of drug-likeness (QED) is 0.0554. The van der Waals surface area contributed by atoms with Gasteiger partial charge in [0.05, 0.1) is 0 Å². The van der Waals surface area contributed by atoms with Gasteiger partial charge in [0.1, 0.15) is 41.6 Å². The van der Waals surface area contributed by atoms with Crippen molar-refractivity contribution in [3.8, 4) is 5.75 Å². The van der Waals surface area contributed by atoms with Crippen LogP contribution in [0.15, 0.2) is 125 Å². The highest BCUT2D eigenvalue weighted by Gasteiger charge is 2.34. The molecular formula is C45H43N5O8. The second-order valence-corrected chi connectivity index (χ2v) is 14.3. The molecule has 0 aliphatic rings. The van der Waals surface area contributed by atoms with Gasteiger partial charge in [-0.3, -0.25) is 14.4 Å². The third-order valence-electron chi connectivity index (χ3n) is 10.4. The molecule has 7 aromatic rings. The molecule has 13 nitrogen and oxygen atoms in total. The van der Waals surface area contributed by atoms with E-state index in [1.54, 1.807) is 12.4 Å². The summed E-state index contributed by atoms with van der Waals surface area (Å²) in [6, 6.07) is 26.2. The Morgan fingerprint density at radius 3 is 1.97 bits per heavy atom. The van der Waals surface area contributed by atoms with Crippen molar-refractivity contribution < 1.29 is 33.4 Å². The van der Waals surface area contributed by atoms with Crippen LogP contribution < -0.4 is 21.6 Å². The van der Waals surface area contributed by atoms with E-state index in [-0.39, 0.29) is 42.3 Å². The molecule has 58 heavy (non-hydrogen) atoms. The second-order valence-electron chi connectivity index (χ2n) is 14.3. The molecule has 3 aromatic heterocycles. The van der Waals surface area contributed by atoms with Gasteiger partial charge in [0.25, 0.3) is 5.91 Å². The zero-order valence-electron chi connectivity index (χ0n) is 31.9. The molecule has 0 unspecified atom stereocenters. The Morgan fingerprint density at radius 2 is 1.33 bits per heavy atom. The van der Waals surface area contributed by atoms with E-state index in [9.17, 15) is 29.1 Å². The number of fused-ring (bicyclic) bond motifs is 3. The van der Waals surface area contributed by atoms with Crippen molar-refractivity contribution >= 4 is 56.5 Å². The third kappa shape index (κ3) is 8.78. The lowest BCUT2D eigenvalue weighted by Crippen LogP contribution is -2.58. The van der Waals surface area contributed by atoms with Crippen LogP contribution >= 0.6 is 0 Å². The van der Waals surface area contributed by atoms with Gasteiger partial charge in [0, 0.05) is 58.5 Å². The Balaban J connectivity index is 1.19. The van der Waals surface area contributed by atoms with Gasteiger partial charge in [-0.05, 0) is 52.9 Å². The summed E-state index contributed by atoms with van der Waals surface area (Å²) >= 11 is 0. The summed E-state index contributed by atoms with van der Waals surface area (Å²) in [4.78, 5) is 75.8. The van der Waals surface area contributed by atoms with E-state index in [1.807, 2.05) is 92.7 Å². The maximum Gasteiger partial charge on any atom is 0.349 e. The monoisotopic (exact) mass is 781 g/mol. The maximum absolute atomic E-state index is 14.5. The SMILES string of the molecule is CC[C@H](C)[C@H](NC(=O)[C@H](Cc1c[nH]c2ccccc12)NC(=O)[C@H](Cc1c[nH]c2ccccc12)NC(=O)c1cc2ccc(O)cc2oc1=O)C(=O)OCc1ccccc1. The van der Waals surface area contributed by atoms with Gasteiger partial charge in [-0.15, -0.1) is 0 Å². The first kappa shape index (κ1) is 39.1. The first-order valence-corrected chi connectivity index (χ1v) is 19.1. The number of H-pyrrole nitrogens is 2. The van der Waals surface area contributed by atoms with Crippen LogP contribution in [0.4, 0.5) is 0 Å². The van der Waals surface area contributed by atoms with E-state index in [4.69, 9.17) is 9.15 Å². The fourth-order valence-corrected chi connectivity index (χ4v) is 6.97. The van der Waals surface area contributed by atoms with Crippen LogP contribution in [0.2, 0.25) is 0 Å². The van der Waals surface area contributed by atoms with Crippen molar-refractivity contribution in [2.45, 2.75) is 57.8 Å². The number of aromatic amines is 2. The Kier molecular flexibility index (Phi) is 11.7. The molecule has 4 atom stereocenters. The normalized spacial score (nSPS) is 13.4. The lowest BCUT2D eigenvalue weighted by atomic mass is 9.97. The number of ether oxygens (including phenoxy) is 1. The molecule has 0 spiro atoms. The van der Waals surface area contributed by atoms with Crippen LogP contribution in [-0.2, 0) is 38.6 Å². The molecule has 6 N–H and O–H groups in total. The lowest BCUT2D eigenvalue weighted by Gasteiger charge is -2.27. The number of hydrogen-bond acceptors (Lipinski definition) is 8. The fourth-order valence-electron chi connectivity index (χ4n) is 6.97. The first-order chi connectivity index (χ1) is 28.1. The van der Waals surface area contributed by atoms with Gasteiger partial charge in [0.15, 0.2) is 0 Å². The van der Waals surface area contributed by atoms with Gasteiger partial charge in [0.2, 0.25) is 11.8 Å². The zero-order valence-corrected chi connectivity index (χ0v) is 31.9. The minimum absolute atomic E-state index is 0.0168. The summed E-state index contributed by atoms with van der Waals surface area (Å²) in [7, 11) is 0. The number of amides is 3. The lowest BCUT2D eigenvalue weighted by molar-refractivity contribution is -0.151. The van der Waals surface area contributed by atoms with Crippen LogP contribution in [0.25, 0.3) is 32.8 Å². The number of benzene rings is 4. The zero-order chi connectivity index (χ0) is 40.8. The Bertz CT molecular complexity index is 2660. The fraction of sp³-hybridized carbons (Fsp3) is 0.222. The summed E-state index contributed by atoms with van der Waals surface area (Å²) in [5.41, 5.74) is 2.64. The highest BCUT2D eigenvalue weighted by molar-refractivity contribution is 6.00. The van der Waals surface area contributed by atoms with Crippen molar-refractivity contribution in [2.75, 3.05) is 0 Å². The second kappa shape index (κ2) is 17.3. The molecule has 3 amide bonds. The number of aromatic nitrogens is 2. The van der Waals surface area contributed by atoms with Crippen molar-refractivity contribution in [3.63, 3.8) is 0 Å². The largest absolute Gasteiger partial charge is 0.508 e. The standard InChI is InChI=1S/C45H43N5O8/c1-3-26(2)40(45(56)57-25-27-11-5-4-6-12-27)50-43(54)38(21-30-24-47-36-16-10-8-14-33(30)36)49-42(53)37(20-29-23-46-35-15-9-7-13-32(29)35)48-41(52)34-19-28-17-18-31(51)22-39(28)58-44(34)55/h4-19,22-24,26,37-38,40,46-47,51H,3,20-21,25H2,1-2H3,(H,48,52)(H,49,53)(H,50,54)/t26-,37-,38-,40-/m0/s1. The summed E-state index contributed by atoms with van der Waals surface area (Å²) in [5.74, 6) is -3.26. The molecule has 0 fully saturated rings. The number of para-hydroxylation sites is 2. The van der Waals surface area contributed by atoms with Gasteiger partial charge in [-0.1, -0.05) is 87.0 Å². The summed E-state index contributed by atoms with van der Waals surface area (Å²) < 4.78 is 11.0. The number of phenolic OH excluding ortho intramolecular Hbond substituents is 1. The summed E-state index contributed by atoms with van der Waals surface area (Å²) in [6.45, 7) is 3.75. The van der Waals surface area contributed by atoms with E-state index in [1.165, 1.54) is 24.3 Å². The number of carbonyl (C=O) groups is 4. The Labute approximate surface area is 332 Å². The van der Waals surface area contributed by atoms with Gasteiger partial charge < -0.3 is 40.2 Å². The molecule has 296 valence electrons. The van der Waals surface area contributed by atoms with E-state index >= 15 is 0 Å². The minimum Gasteiger partial charge on any atom is -0.508 e. The van der Waals surface area contributed by atoms with Crippen LogP contribution in [0.5, 0.6) is 5.75 Å². The number of phenols is 1. The van der Waals surface area contributed by atoms with Crippen LogP contribution in [-0.4, -0.2) is 56.9 Å². The average molecular weight is 782 g/mol. The number of aromatic hydroxyl groups is 1. The molecule has 0 saturated carbocycles. The van der Waals surface area contributed by atoms with Crippen molar-refractivity contribution in [3.05, 3.63) is 148 Å². The van der Waals surface area contributed by atoms with Crippen molar-refractivity contribution in [2.24, 2.45) is 5.92 Å². The highest BCUT2D eigenvalue weighted by atomic mass is 16.5. The smallest absolute Gasteiger partial charge is 0.349 e. The van der Waals surface area contributed by atoms with E-state index in [0.717, 1.165) is 32.9 Å². The minimum atomic E-state index is -1.29. The number of rotatable bonds is 15. The molecule has 0 aliphatic carbocycles. The van der Waals surface area contributed by atoms with Gasteiger partial charge >= 0.3 is 11.6 Å². The molecule has 3 heterocycles. The van der Waals surface area contributed by atoms with Crippen LogP contribution in [0.1, 0.15) is 47.3 Å². The predicted octanol–water partition coefficient (Wildman–Crippen LogP) is 5.80. The molecule has 0 saturated heterocycles. The van der Waals surface area contributed by atoms with Gasteiger partial charge in [-0.25, -0.2) is 9.59 Å². The molecule has 0 aliphatic heterocycles. The van der Waals surface area contributed by atoms with E-state index in [2.05, 4.69) is 25.9 Å².